The number of nitrogens with zero attached hydrogens (tertiary/aromatic N) is 1. The first kappa shape index (κ1) is 16.4. The van der Waals surface area contributed by atoms with Gasteiger partial charge in [0.2, 0.25) is 0 Å². The molecule has 0 atom stereocenters. The third-order valence-corrected chi connectivity index (χ3v) is 3.89. The first-order valence-corrected chi connectivity index (χ1v) is 8.17. The quantitative estimate of drug-likeness (QED) is 0.668. The second kappa shape index (κ2) is 7.87. The van der Waals surface area contributed by atoms with Crippen LogP contribution in [0.3, 0.4) is 0 Å². The Morgan fingerprint density at radius 1 is 1.29 bits per heavy atom. The molecule has 1 N–H and O–H groups in total. The van der Waals surface area contributed by atoms with E-state index >= 15 is 0 Å². The van der Waals surface area contributed by atoms with Gasteiger partial charge in [-0.05, 0) is 53.2 Å². The average molecular weight is 418 g/mol. The Bertz CT molecular complexity index is 623. The van der Waals surface area contributed by atoms with Crippen LogP contribution in [0.15, 0.2) is 39.4 Å². The van der Waals surface area contributed by atoms with Gasteiger partial charge in [0, 0.05) is 22.8 Å². The molecule has 0 aliphatic carbocycles. The third-order valence-electron chi connectivity index (χ3n) is 2.78. The smallest absolute Gasteiger partial charge is 0.256 e. The fourth-order valence-electron chi connectivity index (χ4n) is 1.73. The fraction of sp³-hybridized carbons (Fsp3) is 0.267. The van der Waals surface area contributed by atoms with Crippen molar-refractivity contribution in [3.8, 4) is 11.6 Å². The molecule has 0 aliphatic heterocycles. The highest BCUT2D eigenvalue weighted by Crippen LogP contribution is 2.32. The van der Waals surface area contributed by atoms with Crippen LogP contribution in [-0.4, -0.2) is 11.5 Å². The van der Waals surface area contributed by atoms with Gasteiger partial charge in [0.05, 0.1) is 4.47 Å². The number of hydrogen-bond acceptors (Lipinski definition) is 3. The Hall–Kier alpha value is -0.980. The van der Waals surface area contributed by atoms with Gasteiger partial charge in [0.25, 0.3) is 5.88 Å². The average Bonchev–Trinajstić information content (AvgIpc) is 2.46. The SMILES string of the molecule is CCCNCc1ccnc(Oc2ccc(Br)cc2Br)c1F. The molecule has 6 heteroatoms. The lowest BCUT2D eigenvalue weighted by molar-refractivity contribution is 0.415. The van der Waals surface area contributed by atoms with Crippen LogP contribution in [0.2, 0.25) is 0 Å². The van der Waals surface area contributed by atoms with E-state index < -0.39 is 5.82 Å². The molecule has 2 aromatic rings. The summed E-state index contributed by atoms with van der Waals surface area (Å²) < 4.78 is 21.5. The number of halogens is 3. The lowest BCUT2D eigenvalue weighted by Gasteiger charge is -2.10. The second-order valence-electron chi connectivity index (χ2n) is 4.44. The van der Waals surface area contributed by atoms with Crippen LogP contribution in [-0.2, 0) is 6.54 Å². The van der Waals surface area contributed by atoms with E-state index in [0.29, 0.717) is 17.9 Å². The molecule has 112 valence electrons. The minimum atomic E-state index is -0.434. The predicted octanol–water partition coefficient (Wildman–Crippen LogP) is 5.04. The number of pyridine rings is 1. The molecule has 0 unspecified atom stereocenters. The number of aromatic nitrogens is 1. The van der Waals surface area contributed by atoms with Gasteiger partial charge in [-0.3, -0.25) is 0 Å². The predicted molar refractivity (Wildman–Crippen MR) is 88.1 cm³/mol. The first-order valence-electron chi connectivity index (χ1n) is 6.58. The zero-order chi connectivity index (χ0) is 15.2. The van der Waals surface area contributed by atoms with E-state index in [1.807, 2.05) is 12.1 Å². The molecule has 0 amide bonds. The van der Waals surface area contributed by atoms with E-state index in [9.17, 15) is 4.39 Å². The molecule has 3 nitrogen and oxygen atoms in total. The maximum atomic E-state index is 14.3. The summed E-state index contributed by atoms with van der Waals surface area (Å²) in [6, 6.07) is 7.06. The van der Waals surface area contributed by atoms with Crippen LogP contribution in [0, 0.1) is 5.82 Å². The molecular weight excluding hydrogens is 403 g/mol. The summed E-state index contributed by atoms with van der Waals surface area (Å²) in [4.78, 5) is 3.97. The van der Waals surface area contributed by atoms with Crippen molar-refractivity contribution in [3.63, 3.8) is 0 Å². The van der Waals surface area contributed by atoms with E-state index in [0.717, 1.165) is 21.9 Å². The lowest BCUT2D eigenvalue weighted by Crippen LogP contribution is -2.15. The molecule has 1 aromatic heterocycles. The van der Waals surface area contributed by atoms with Crippen LogP contribution in [0.1, 0.15) is 18.9 Å². The van der Waals surface area contributed by atoms with Crippen molar-refractivity contribution < 1.29 is 9.13 Å². The molecule has 0 spiro atoms. The largest absolute Gasteiger partial charge is 0.435 e. The van der Waals surface area contributed by atoms with Crippen molar-refractivity contribution in [2.45, 2.75) is 19.9 Å². The summed E-state index contributed by atoms with van der Waals surface area (Å²) in [5.41, 5.74) is 0.543. The summed E-state index contributed by atoms with van der Waals surface area (Å²) >= 11 is 6.74. The Balaban J connectivity index is 2.18. The summed E-state index contributed by atoms with van der Waals surface area (Å²) in [5, 5.41) is 3.16. The fourth-order valence-corrected chi connectivity index (χ4v) is 2.86. The molecule has 21 heavy (non-hydrogen) atoms. The monoisotopic (exact) mass is 416 g/mol. The molecule has 0 aliphatic rings. The van der Waals surface area contributed by atoms with Crippen LogP contribution >= 0.6 is 31.9 Å². The van der Waals surface area contributed by atoms with Gasteiger partial charge in [-0.25, -0.2) is 9.37 Å². The number of hydrogen-bond donors (Lipinski definition) is 1. The maximum absolute atomic E-state index is 14.3. The number of benzene rings is 1. The molecule has 0 saturated heterocycles. The minimum absolute atomic E-state index is 0.0196. The summed E-state index contributed by atoms with van der Waals surface area (Å²) in [5.74, 6) is 0.0630. The molecule has 0 fully saturated rings. The van der Waals surface area contributed by atoms with Crippen molar-refractivity contribution in [2.75, 3.05) is 6.54 Å². The highest BCUT2D eigenvalue weighted by atomic mass is 79.9. The molecule has 0 bridgehead atoms. The van der Waals surface area contributed by atoms with Crippen LogP contribution in [0.5, 0.6) is 11.6 Å². The number of nitrogens with one attached hydrogen (secondary N) is 1. The van der Waals surface area contributed by atoms with Gasteiger partial charge in [-0.1, -0.05) is 22.9 Å². The van der Waals surface area contributed by atoms with Crippen molar-refractivity contribution in [2.24, 2.45) is 0 Å². The van der Waals surface area contributed by atoms with Gasteiger partial charge < -0.3 is 10.1 Å². The normalized spacial score (nSPS) is 10.7. The molecule has 1 aromatic carbocycles. The van der Waals surface area contributed by atoms with E-state index in [4.69, 9.17) is 4.74 Å². The summed E-state index contributed by atoms with van der Waals surface area (Å²) in [7, 11) is 0. The highest BCUT2D eigenvalue weighted by Gasteiger charge is 2.13. The zero-order valence-electron chi connectivity index (χ0n) is 11.5. The van der Waals surface area contributed by atoms with Crippen LogP contribution in [0.4, 0.5) is 4.39 Å². The van der Waals surface area contributed by atoms with Crippen LogP contribution in [0.25, 0.3) is 0 Å². The summed E-state index contributed by atoms with van der Waals surface area (Å²) in [6.45, 7) is 3.37. The van der Waals surface area contributed by atoms with Crippen molar-refractivity contribution >= 4 is 31.9 Å². The Labute approximate surface area is 140 Å². The summed E-state index contributed by atoms with van der Waals surface area (Å²) in [6.07, 6.45) is 2.55. The Morgan fingerprint density at radius 2 is 2.10 bits per heavy atom. The van der Waals surface area contributed by atoms with Crippen molar-refractivity contribution in [1.82, 2.24) is 10.3 Å². The van der Waals surface area contributed by atoms with Crippen LogP contribution < -0.4 is 10.1 Å². The third kappa shape index (κ3) is 4.49. The van der Waals surface area contributed by atoms with E-state index in [1.54, 1.807) is 18.3 Å². The van der Waals surface area contributed by atoms with Gasteiger partial charge in [-0.15, -0.1) is 0 Å². The van der Waals surface area contributed by atoms with Gasteiger partial charge >= 0.3 is 0 Å². The lowest BCUT2D eigenvalue weighted by atomic mass is 10.2. The molecule has 0 radical (unpaired) electrons. The standard InChI is InChI=1S/C15H15Br2FN2O/c1-2-6-19-9-10-5-7-20-15(14(10)18)21-13-4-3-11(16)8-12(13)17/h3-5,7-8,19H,2,6,9H2,1H3. The Morgan fingerprint density at radius 3 is 2.81 bits per heavy atom. The molecular formula is C15H15Br2FN2O. The molecule has 2 rings (SSSR count). The van der Waals surface area contributed by atoms with Gasteiger partial charge in [-0.2, -0.15) is 0 Å². The molecule has 0 saturated carbocycles. The van der Waals surface area contributed by atoms with Gasteiger partial charge in [0.1, 0.15) is 5.75 Å². The van der Waals surface area contributed by atoms with Gasteiger partial charge in [0.15, 0.2) is 5.82 Å². The Kier molecular flexibility index (Phi) is 6.14. The number of ether oxygens (including phenoxy) is 1. The highest BCUT2D eigenvalue weighted by molar-refractivity contribution is 9.11. The topological polar surface area (TPSA) is 34.2 Å². The minimum Gasteiger partial charge on any atom is -0.435 e. The van der Waals surface area contributed by atoms with Crippen molar-refractivity contribution in [3.05, 3.63) is 50.8 Å². The number of rotatable bonds is 6. The van der Waals surface area contributed by atoms with E-state index in [-0.39, 0.29) is 5.88 Å². The second-order valence-corrected chi connectivity index (χ2v) is 6.21. The van der Waals surface area contributed by atoms with Crippen molar-refractivity contribution in [1.29, 1.82) is 0 Å². The van der Waals surface area contributed by atoms with E-state index in [1.165, 1.54) is 0 Å². The van der Waals surface area contributed by atoms with E-state index in [2.05, 4.69) is 49.1 Å². The zero-order valence-corrected chi connectivity index (χ0v) is 14.7. The first-order chi connectivity index (χ1) is 10.1. The molecule has 1 heterocycles. The maximum Gasteiger partial charge on any atom is 0.256 e.